The van der Waals surface area contributed by atoms with Crippen LogP contribution in [0.5, 0.6) is 0 Å². The van der Waals surface area contributed by atoms with Crippen molar-refractivity contribution >= 4 is 23.4 Å². The molecule has 0 saturated carbocycles. The van der Waals surface area contributed by atoms with Gasteiger partial charge in [-0.1, -0.05) is 29.4 Å². The predicted octanol–water partition coefficient (Wildman–Crippen LogP) is 4.79. The van der Waals surface area contributed by atoms with Crippen LogP contribution in [0.4, 0.5) is 4.39 Å². The molecular weight excluding hydrogens is 411 g/mol. The molecule has 1 unspecified atom stereocenters. The van der Waals surface area contributed by atoms with Crippen molar-refractivity contribution in [3.63, 3.8) is 0 Å². The summed E-state index contributed by atoms with van der Waals surface area (Å²) in [6, 6.07) is 12.8. The van der Waals surface area contributed by atoms with Crippen LogP contribution in [0, 0.1) is 5.82 Å². The first-order chi connectivity index (χ1) is 14.1. The quantitative estimate of drug-likeness (QED) is 0.368. The zero-order chi connectivity index (χ0) is 20.4. The molecule has 1 aromatic carbocycles. The molecule has 8 heteroatoms. The van der Waals surface area contributed by atoms with Crippen molar-refractivity contribution in [2.75, 3.05) is 6.26 Å². The van der Waals surface area contributed by atoms with Crippen LogP contribution >= 0.6 is 23.4 Å². The highest BCUT2D eigenvalue weighted by molar-refractivity contribution is 7.98. The average molecular weight is 427 g/mol. The molecule has 0 aliphatic carbocycles. The molecule has 1 N–H and O–H groups in total. The Kier molecular flexibility index (Phi) is 5.51. The van der Waals surface area contributed by atoms with E-state index in [0.29, 0.717) is 22.0 Å². The molecule has 4 rings (SSSR count). The lowest BCUT2D eigenvalue weighted by atomic mass is 10.0. The Morgan fingerprint density at radius 3 is 2.76 bits per heavy atom. The van der Waals surface area contributed by atoms with Gasteiger partial charge < -0.3 is 9.55 Å². The number of thioether (sulfide) groups is 1. The Morgan fingerprint density at radius 1 is 1.21 bits per heavy atom. The summed E-state index contributed by atoms with van der Waals surface area (Å²) in [6.45, 7) is 0. The van der Waals surface area contributed by atoms with E-state index in [2.05, 4.69) is 15.0 Å². The van der Waals surface area contributed by atoms with Gasteiger partial charge in [-0.05, 0) is 48.2 Å². The van der Waals surface area contributed by atoms with E-state index in [0.717, 1.165) is 5.69 Å². The lowest BCUT2D eigenvalue weighted by Crippen LogP contribution is -2.25. The molecule has 0 fully saturated rings. The SMILES string of the molecule is CSc1nccc(-c2ccn(C(c3ccc(Cl)c(F)c3)c3ccc[nH]3)c(=O)c2)n1. The Morgan fingerprint density at radius 2 is 2.07 bits per heavy atom. The maximum Gasteiger partial charge on any atom is 0.252 e. The van der Waals surface area contributed by atoms with Crippen molar-refractivity contribution in [1.29, 1.82) is 0 Å². The van der Waals surface area contributed by atoms with E-state index in [4.69, 9.17) is 11.6 Å². The minimum absolute atomic E-state index is 0.0371. The number of halogens is 2. The van der Waals surface area contributed by atoms with E-state index in [1.807, 2.05) is 24.5 Å². The number of hydrogen-bond acceptors (Lipinski definition) is 4. The fourth-order valence-electron chi connectivity index (χ4n) is 3.15. The van der Waals surface area contributed by atoms with Gasteiger partial charge in [-0.3, -0.25) is 4.79 Å². The third-order valence-electron chi connectivity index (χ3n) is 4.51. The summed E-state index contributed by atoms with van der Waals surface area (Å²) in [4.78, 5) is 24.7. The highest BCUT2D eigenvalue weighted by Crippen LogP contribution is 2.28. The molecule has 0 radical (unpaired) electrons. The molecule has 0 saturated heterocycles. The van der Waals surface area contributed by atoms with E-state index in [1.54, 1.807) is 35.3 Å². The summed E-state index contributed by atoms with van der Waals surface area (Å²) in [5.41, 5.74) is 2.49. The minimum Gasteiger partial charge on any atom is -0.363 e. The van der Waals surface area contributed by atoms with E-state index >= 15 is 0 Å². The number of H-pyrrole nitrogens is 1. The molecule has 0 aliphatic heterocycles. The Balaban J connectivity index is 1.81. The number of aromatic amines is 1. The molecule has 0 spiro atoms. The largest absolute Gasteiger partial charge is 0.363 e. The molecule has 3 aromatic heterocycles. The molecule has 0 amide bonds. The number of rotatable bonds is 5. The first kappa shape index (κ1) is 19.4. The number of nitrogens with zero attached hydrogens (tertiary/aromatic N) is 3. The van der Waals surface area contributed by atoms with Crippen LogP contribution in [0.2, 0.25) is 5.02 Å². The molecule has 29 heavy (non-hydrogen) atoms. The Hall–Kier alpha value is -2.90. The van der Waals surface area contributed by atoms with Crippen molar-refractivity contribution < 1.29 is 4.39 Å². The number of aromatic nitrogens is 4. The topological polar surface area (TPSA) is 63.6 Å². The Bertz CT molecular complexity index is 1210. The highest BCUT2D eigenvalue weighted by Gasteiger charge is 2.20. The molecule has 1 atom stereocenters. The van der Waals surface area contributed by atoms with Gasteiger partial charge in [-0.2, -0.15) is 0 Å². The second-order valence-corrected chi connectivity index (χ2v) is 7.47. The number of pyridine rings is 1. The standard InChI is InChI=1S/C21H16ClFN4OS/c1-29-21-25-9-6-17(26-21)13-7-10-27(19(28)12-13)20(18-3-2-8-24-18)14-4-5-15(22)16(23)11-14/h2-12,20,24H,1H3. The zero-order valence-electron chi connectivity index (χ0n) is 15.3. The van der Waals surface area contributed by atoms with Crippen LogP contribution in [0.3, 0.4) is 0 Å². The van der Waals surface area contributed by atoms with Crippen molar-refractivity contribution in [1.82, 2.24) is 19.5 Å². The number of benzene rings is 1. The normalized spacial score (nSPS) is 12.1. The fraction of sp³-hybridized carbons (Fsp3) is 0.0952. The van der Waals surface area contributed by atoms with E-state index in [9.17, 15) is 9.18 Å². The highest BCUT2D eigenvalue weighted by atomic mass is 35.5. The first-order valence-corrected chi connectivity index (χ1v) is 10.3. The summed E-state index contributed by atoms with van der Waals surface area (Å²) in [6.07, 6.45) is 7.01. The zero-order valence-corrected chi connectivity index (χ0v) is 16.9. The minimum atomic E-state index is -0.532. The van der Waals surface area contributed by atoms with Gasteiger partial charge in [-0.25, -0.2) is 14.4 Å². The smallest absolute Gasteiger partial charge is 0.252 e. The van der Waals surface area contributed by atoms with Gasteiger partial charge in [-0.15, -0.1) is 0 Å². The van der Waals surface area contributed by atoms with Gasteiger partial charge in [0.15, 0.2) is 5.16 Å². The molecule has 3 heterocycles. The van der Waals surface area contributed by atoms with Crippen molar-refractivity contribution in [2.45, 2.75) is 11.2 Å². The van der Waals surface area contributed by atoms with E-state index in [-0.39, 0.29) is 10.6 Å². The van der Waals surface area contributed by atoms with Gasteiger partial charge in [0.25, 0.3) is 5.56 Å². The maximum absolute atomic E-state index is 14.1. The summed E-state index contributed by atoms with van der Waals surface area (Å²) in [7, 11) is 0. The molecule has 0 bridgehead atoms. The van der Waals surface area contributed by atoms with Crippen molar-refractivity contribution in [3.05, 3.63) is 99.6 Å². The van der Waals surface area contributed by atoms with Crippen LogP contribution in [0.25, 0.3) is 11.3 Å². The van der Waals surface area contributed by atoms with Gasteiger partial charge in [0, 0.05) is 35.9 Å². The van der Waals surface area contributed by atoms with E-state index in [1.165, 1.54) is 30.0 Å². The number of nitrogens with one attached hydrogen (secondary N) is 1. The molecule has 0 aliphatic rings. The lowest BCUT2D eigenvalue weighted by Gasteiger charge is -2.20. The average Bonchev–Trinajstić information content (AvgIpc) is 3.26. The van der Waals surface area contributed by atoms with Gasteiger partial charge in [0.2, 0.25) is 0 Å². The van der Waals surface area contributed by atoms with Crippen LogP contribution in [0.1, 0.15) is 17.3 Å². The van der Waals surface area contributed by atoms with Crippen LogP contribution in [0.15, 0.2) is 77.1 Å². The predicted molar refractivity (Wildman–Crippen MR) is 113 cm³/mol. The molecular formula is C21H16ClFN4OS. The first-order valence-electron chi connectivity index (χ1n) is 8.74. The van der Waals surface area contributed by atoms with Crippen molar-refractivity contribution in [3.8, 4) is 11.3 Å². The molecule has 146 valence electrons. The maximum atomic E-state index is 14.1. The summed E-state index contributed by atoms with van der Waals surface area (Å²) >= 11 is 7.27. The third-order valence-corrected chi connectivity index (χ3v) is 5.38. The summed E-state index contributed by atoms with van der Waals surface area (Å²) < 4.78 is 15.7. The monoisotopic (exact) mass is 426 g/mol. The molecule has 4 aromatic rings. The Labute approximate surface area is 175 Å². The fourth-order valence-corrected chi connectivity index (χ4v) is 3.62. The second kappa shape index (κ2) is 8.23. The lowest BCUT2D eigenvalue weighted by molar-refractivity contribution is 0.605. The van der Waals surface area contributed by atoms with Gasteiger partial charge >= 0.3 is 0 Å². The van der Waals surface area contributed by atoms with Crippen LogP contribution in [-0.4, -0.2) is 25.8 Å². The molecule has 5 nitrogen and oxygen atoms in total. The van der Waals surface area contributed by atoms with E-state index < -0.39 is 11.9 Å². The summed E-state index contributed by atoms with van der Waals surface area (Å²) in [5, 5.41) is 0.669. The second-order valence-electron chi connectivity index (χ2n) is 6.29. The van der Waals surface area contributed by atoms with Gasteiger partial charge in [0.05, 0.1) is 10.7 Å². The van der Waals surface area contributed by atoms with Crippen LogP contribution < -0.4 is 5.56 Å². The van der Waals surface area contributed by atoms with Gasteiger partial charge in [0.1, 0.15) is 11.9 Å². The number of hydrogen-bond donors (Lipinski definition) is 1. The van der Waals surface area contributed by atoms with Crippen LogP contribution in [-0.2, 0) is 0 Å². The summed E-state index contributed by atoms with van der Waals surface area (Å²) in [5.74, 6) is -0.532. The van der Waals surface area contributed by atoms with Crippen molar-refractivity contribution in [2.24, 2.45) is 0 Å². The third kappa shape index (κ3) is 3.97.